The van der Waals surface area contributed by atoms with Gasteiger partial charge in [0.05, 0.1) is 17.0 Å². The molecule has 0 saturated heterocycles. The zero-order valence-corrected chi connectivity index (χ0v) is 23.9. The first-order valence-electron chi connectivity index (χ1n) is 11.9. The number of fused-ring (bicyclic) bond motifs is 3. The molecule has 1 N–H and O–H groups in total. The molecule has 0 spiro atoms. The van der Waals surface area contributed by atoms with Crippen LogP contribution in [0.3, 0.4) is 0 Å². The van der Waals surface area contributed by atoms with Gasteiger partial charge in [0.25, 0.3) is 5.56 Å². The van der Waals surface area contributed by atoms with Crippen LogP contribution in [0.15, 0.2) is 45.7 Å². The Bertz CT molecular complexity index is 1510. The number of hydrogen-bond acceptors (Lipinski definition) is 5. The summed E-state index contributed by atoms with van der Waals surface area (Å²) in [7, 11) is 1.59. The highest BCUT2D eigenvalue weighted by molar-refractivity contribution is 9.10. The lowest BCUT2D eigenvalue weighted by Gasteiger charge is -2.33. The molecule has 1 aliphatic rings. The minimum Gasteiger partial charge on any atom is -0.493 e. The number of rotatable bonds is 5. The van der Waals surface area contributed by atoms with Crippen LogP contribution in [0.25, 0.3) is 21.6 Å². The van der Waals surface area contributed by atoms with Gasteiger partial charge in [0.2, 0.25) is 0 Å². The van der Waals surface area contributed by atoms with Gasteiger partial charge in [-0.05, 0) is 70.3 Å². The van der Waals surface area contributed by atoms with Crippen molar-refractivity contribution >= 4 is 49.1 Å². The molecule has 2 aromatic heterocycles. The van der Waals surface area contributed by atoms with E-state index in [0.717, 1.165) is 40.6 Å². The maximum absolute atomic E-state index is 13.2. The second kappa shape index (κ2) is 9.84. The Morgan fingerprint density at radius 3 is 2.75 bits per heavy atom. The van der Waals surface area contributed by atoms with E-state index in [1.54, 1.807) is 18.4 Å². The first-order valence-corrected chi connectivity index (χ1v) is 13.9. The van der Waals surface area contributed by atoms with E-state index in [1.807, 2.05) is 36.4 Å². The molecule has 0 bridgehead atoms. The normalized spacial score (nSPS) is 15.7. The van der Waals surface area contributed by atoms with Crippen LogP contribution in [0.2, 0.25) is 5.02 Å². The molecule has 1 atom stereocenters. The van der Waals surface area contributed by atoms with Gasteiger partial charge in [0.15, 0.2) is 11.5 Å². The Morgan fingerprint density at radius 1 is 1.25 bits per heavy atom. The number of nitrogens with zero attached hydrogens (tertiary/aromatic N) is 1. The molecule has 2 aromatic carbocycles. The van der Waals surface area contributed by atoms with Crippen LogP contribution in [0.5, 0.6) is 11.5 Å². The molecular weight excluding hydrogens is 560 g/mol. The highest BCUT2D eigenvalue weighted by Gasteiger charge is 2.31. The van der Waals surface area contributed by atoms with Gasteiger partial charge in [-0.2, -0.15) is 0 Å². The SMILES string of the molecule is COc1cc(-c2nc3sc4c(c3c(=O)[nH]2)CCC(C(C)(C)C)C4)cc(Br)c1OCc1ccccc1Cl. The number of nitrogens with one attached hydrogen (secondary N) is 1. The predicted molar refractivity (Wildman–Crippen MR) is 151 cm³/mol. The van der Waals surface area contributed by atoms with Crippen LogP contribution in [0.1, 0.15) is 43.2 Å². The van der Waals surface area contributed by atoms with Gasteiger partial charge in [-0.3, -0.25) is 4.79 Å². The van der Waals surface area contributed by atoms with E-state index >= 15 is 0 Å². The molecule has 0 saturated carbocycles. The maximum atomic E-state index is 13.2. The lowest BCUT2D eigenvalue weighted by molar-refractivity contribution is 0.218. The Labute approximate surface area is 228 Å². The van der Waals surface area contributed by atoms with E-state index in [2.05, 4.69) is 41.7 Å². The minimum atomic E-state index is -0.0872. The number of hydrogen-bond donors (Lipinski definition) is 1. The van der Waals surface area contributed by atoms with Gasteiger partial charge in [-0.1, -0.05) is 50.6 Å². The Morgan fingerprint density at radius 2 is 2.03 bits per heavy atom. The van der Waals surface area contributed by atoms with Crippen LogP contribution >= 0.6 is 38.9 Å². The van der Waals surface area contributed by atoms with Crippen LogP contribution in [-0.2, 0) is 19.4 Å². The van der Waals surface area contributed by atoms with E-state index < -0.39 is 0 Å². The van der Waals surface area contributed by atoms with E-state index in [-0.39, 0.29) is 11.0 Å². The Hall–Kier alpha value is -2.35. The predicted octanol–water partition coefficient (Wildman–Crippen LogP) is 7.81. The largest absolute Gasteiger partial charge is 0.493 e. The standard InChI is InChI=1S/C28H28BrClN2O3S/c1-28(2,3)17-9-10-18-22(13-17)36-27-23(18)26(33)31-25(32-27)16-11-19(29)24(21(12-16)34-4)35-14-15-7-5-6-8-20(15)30/h5-8,11-12,17H,9-10,13-14H2,1-4H3,(H,31,32,33). The third-order valence-electron chi connectivity index (χ3n) is 6.98. The Balaban J connectivity index is 1.49. The summed E-state index contributed by atoms with van der Waals surface area (Å²) in [6.07, 6.45) is 3.03. The zero-order chi connectivity index (χ0) is 25.6. The monoisotopic (exact) mass is 586 g/mol. The smallest absolute Gasteiger partial charge is 0.260 e. The maximum Gasteiger partial charge on any atom is 0.260 e. The first kappa shape index (κ1) is 25.3. The molecule has 0 aliphatic heterocycles. The van der Waals surface area contributed by atoms with Crippen molar-refractivity contribution in [3.63, 3.8) is 0 Å². The summed E-state index contributed by atoms with van der Waals surface area (Å²) in [6.45, 7) is 7.19. The third kappa shape index (κ3) is 4.81. The number of methoxy groups -OCH3 is 1. The highest BCUT2D eigenvalue weighted by atomic mass is 79.9. The van der Waals surface area contributed by atoms with Crippen molar-refractivity contribution in [2.75, 3.05) is 7.11 Å². The summed E-state index contributed by atoms with van der Waals surface area (Å²) < 4.78 is 12.4. The number of aromatic nitrogens is 2. The van der Waals surface area contributed by atoms with Gasteiger partial charge in [0.1, 0.15) is 17.3 Å². The summed E-state index contributed by atoms with van der Waals surface area (Å²) >= 11 is 11.5. The number of aromatic amines is 1. The van der Waals surface area contributed by atoms with E-state index in [1.165, 1.54) is 10.4 Å². The first-order chi connectivity index (χ1) is 17.2. The second-order valence-electron chi connectivity index (χ2n) is 10.3. The molecule has 2 heterocycles. The molecule has 1 unspecified atom stereocenters. The number of thiophene rings is 1. The molecule has 0 amide bonds. The molecule has 1 aliphatic carbocycles. The van der Waals surface area contributed by atoms with Crippen molar-refractivity contribution in [3.05, 3.63) is 72.3 Å². The van der Waals surface area contributed by atoms with Crippen molar-refractivity contribution in [1.82, 2.24) is 9.97 Å². The number of H-pyrrole nitrogens is 1. The van der Waals surface area contributed by atoms with Gasteiger partial charge in [-0.15, -0.1) is 11.3 Å². The van der Waals surface area contributed by atoms with Crippen molar-refractivity contribution in [3.8, 4) is 22.9 Å². The molecule has 0 fully saturated rings. The molecule has 8 heteroatoms. The van der Waals surface area contributed by atoms with Gasteiger partial charge >= 0.3 is 0 Å². The molecule has 0 radical (unpaired) electrons. The fourth-order valence-electron chi connectivity index (χ4n) is 4.82. The zero-order valence-electron chi connectivity index (χ0n) is 20.7. The van der Waals surface area contributed by atoms with Crippen molar-refractivity contribution in [1.29, 1.82) is 0 Å². The summed E-state index contributed by atoms with van der Waals surface area (Å²) in [5.41, 5.74) is 2.96. The molecular formula is C28H28BrClN2O3S. The fraction of sp³-hybridized carbons (Fsp3) is 0.357. The van der Waals surface area contributed by atoms with Crippen molar-refractivity contribution in [2.45, 2.75) is 46.6 Å². The van der Waals surface area contributed by atoms with E-state index in [0.29, 0.717) is 39.3 Å². The second-order valence-corrected chi connectivity index (χ2v) is 12.6. The highest BCUT2D eigenvalue weighted by Crippen LogP contribution is 2.43. The summed E-state index contributed by atoms with van der Waals surface area (Å²) in [5.74, 6) is 2.21. The van der Waals surface area contributed by atoms with E-state index in [9.17, 15) is 4.79 Å². The average molecular weight is 588 g/mol. The lowest BCUT2D eigenvalue weighted by Crippen LogP contribution is -2.26. The number of aryl methyl sites for hydroxylation is 1. The minimum absolute atomic E-state index is 0.0872. The number of benzene rings is 2. The van der Waals surface area contributed by atoms with Crippen LogP contribution in [0.4, 0.5) is 0 Å². The average Bonchev–Trinajstić information content (AvgIpc) is 3.21. The molecule has 4 aromatic rings. The lowest BCUT2D eigenvalue weighted by atomic mass is 9.72. The van der Waals surface area contributed by atoms with Gasteiger partial charge < -0.3 is 14.5 Å². The summed E-state index contributed by atoms with van der Waals surface area (Å²) in [4.78, 5) is 23.2. The molecule has 5 nitrogen and oxygen atoms in total. The van der Waals surface area contributed by atoms with Crippen molar-refractivity contribution in [2.24, 2.45) is 11.3 Å². The summed E-state index contributed by atoms with van der Waals surface area (Å²) in [6, 6.07) is 11.3. The fourth-order valence-corrected chi connectivity index (χ4v) is 6.87. The topological polar surface area (TPSA) is 64.2 Å². The van der Waals surface area contributed by atoms with Gasteiger partial charge in [0, 0.05) is 21.0 Å². The molecule has 188 valence electrons. The van der Waals surface area contributed by atoms with Crippen LogP contribution in [0, 0.1) is 11.3 Å². The van der Waals surface area contributed by atoms with E-state index in [4.69, 9.17) is 26.1 Å². The molecule has 36 heavy (non-hydrogen) atoms. The van der Waals surface area contributed by atoms with Crippen LogP contribution < -0.4 is 15.0 Å². The Kier molecular flexibility index (Phi) is 6.92. The number of halogens is 2. The molecule has 5 rings (SSSR count). The third-order valence-corrected chi connectivity index (χ3v) is 9.08. The van der Waals surface area contributed by atoms with Crippen LogP contribution in [-0.4, -0.2) is 17.1 Å². The van der Waals surface area contributed by atoms with Gasteiger partial charge in [-0.25, -0.2) is 4.98 Å². The van der Waals surface area contributed by atoms with Crippen molar-refractivity contribution < 1.29 is 9.47 Å². The quantitative estimate of drug-likeness (QED) is 0.259. The number of ether oxygens (including phenoxy) is 2. The summed E-state index contributed by atoms with van der Waals surface area (Å²) in [5, 5.41) is 1.39.